The van der Waals surface area contributed by atoms with E-state index in [1.165, 1.54) is 13.0 Å². The molecule has 0 aliphatic rings. The van der Waals surface area contributed by atoms with E-state index in [4.69, 9.17) is 0 Å². The second-order valence-corrected chi connectivity index (χ2v) is 6.25. The highest BCUT2D eigenvalue weighted by Crippen LogP contribution is 2.19. The van der Waals surface area contributed by atoms with E-state index in [0.717, 1.165) is 12.3 Å². The van der Waals surface area contributed by atoms with Crippen LogP contribution >= 0.6 is 11.3 Å². The van der Waals surface area contributed by atoms with E-state index in [-0.39, 0.29) is 15.7 Å². The minimum absolute atomic E-state index is 0.0170. The van der Waals surface area contributed by atoms with Crippen molar-refractivity contribution in [3.63, 3.8) is 0 Å². The third-order valence-electron chi connectivity index (χ3n) is 1.99. The number of nitrogens with zero attached hydrogens (tertiary/aromatic N) is 1. The third-order valence-corrected chi connectivity index (χ3v) is 4.95. The molecule has 0 fully saturated rings. The Balaban J connectivity index is 2.36. The van der Waals surface area contributed by atoms with Crippen molar-refractivity contribution in [3.05, 3.63) is 39.5 Å². The number of halogens is 1. The maximum absolute atomic E-state index is 12.6. The fourth-order valence-corrected chi connectivity index (χ4v) is 3.58. The number of sulfonamides is 1. The van der Waals surface area contributed by atoms with Gasteiger partial charge in [0.25, 0.3) is 10.0 Å². The fourth-order valence-electron chi connectivity index (χ4n) is 1.27. The molecule has 2 aromatic heterocycles. The van der Waals surface area contributed by atoms with Gasteiger partial charge in [0.15, 0.2) is 4.21 Å². The normalized spacial score (nSPS) is 11.4. The fraction of sp³-hybridized carbons (Fsp3) is 0.111. The van der Waals surface area contributed by atoms with Crippen molar-refractivity contribution in [2.24, 2.45) is 0 Å². The van der Waals surface area contributed by atoms with E-state index < -0.39 is 20.7 Å². The number of anilines is 1. The van der Waals surface area contributed by atoms with Gasteiger partial charge in [-0.05, 0) is 19.1 Å². The summed E-state index contributed by atoms with van der Waals surface area (Å²) < 4.78 is 38.5. The van der Waals surface area contributed by atoms with Gasteiger partial charge in [0.1, 0.15) is 11.6 Å². The van der Waals surface area contributed by atoms with Gasteiger partial charge in [-0.3, -0.25) is 9.52 Å². The number of aromatic amines is 1. The van der Waals surface area contributed by atoms with Crippen LogP contribution < -0.4 is 9.60 Å². The SMILES string of the molecule is Cc1[nH]c(=O)sc1S(=O)(=O)Nc1ccc(F)cn1. The highest BCUT2D eigenvalue weighted by molar-refractivity contribution is 7.94. The van der Waals surface area contributed by atoms with Gasteiger partial charge >= 0.3 is 4.87 Å². The van der Waals surface area contributed by atoms with Crippen molar-refractivity contribution in [1.82, 2.24) is 9.97 Å². The second-order valence-electron chi connectivity index (χ2n) is 3.39. The molecule has 96 valence electrons. The molecule has 18 heavy (non-hydrogen) atoms. The minimum atomic E-state index is -3.88. The summed E-state index contributed by atoms with van der Waals surface area (Å²) in [5, 5.41) is 0. The first kappa shape index (κ1) is 12.7. The van der Waals surface area contributed by atoms with Crippen LogP contribution in [-0.2, 0) is 10.0 Å². The minimum Gasteiger partial charge on any atom is -0.315 e. The van der Waals surface area contributed by atoms with Crippen molar-refractivity contribution < 1.29 is 12.8 Å². The predicted octanol–water partition coefficient (Wildman–Crippen LogP) is 1.08. The van der Waals surface area contributed by atoms with Crippen LogP contribution in [0.5, 0.6) is 0 Å². The first-order valence-electron chi connectivity index (χ1n) is 4.72. The summed E-state index contributed by atoms with van der Waals surface area (Å²) in [5.41, 5.74) is 0.250. The van der Waals surface area contributed by atoms with Crippen LogP contribution in [0.3, 0.4) is 0 Å². The highest BCUT2D eigenvalue weighted by Gasteiger charge is 2.21. The number of aryl methyl sites for hydroxylation is 1. The van der Waals surface area contributed by atoms with E-state index in [1.807, 2.05) is 0 Å². The zero-order valence-corrected chi connectivity index (χ0v) is 10.7. The lowest BCUT2D eigenvalue weighted by Crippen LogP contribution is -2.13. The first-order chi connectivity index (χ1) is 8.38. The Hall–Kier alpha value is -1.74. The summed E-state index contributed by atoms with van der Waals surface area (Å²) in [6.45, 7) is 1.48. The van der Waals surface area contributed by atoms with Crippen LogP contribution in [0.25, 0.3) is 0 Å². The largest absolute Gasteiger partial charge is 0.315 e. The monoisotopic (exact) mass is 289 g/mol. The lowest BCUT2D eigenvalue weighted by molar-refractivity contribution is 0.601. The lowest BCUT2D eigenvalue weighted by atomic mass is 10.5. The summed E-state index contributed by atoms with van der Waals surface area (Å²) in [4.78, 5) is 16.6. The Kier molecular flexibility index (Phi) is 3.18. The topological polar surface area (TPSA) is 91.9 Å². The van der Waals surface area contributed by atoms with Crippen molar-refractivity contribution in [2.75, 3.05) is 4.72 Å². The van der Waals surface area contributed by atoms with E-state index >= 15 is 0 Å². The Morgan fingerprint density at radius 3 is 2.67 bits per heavy atom. The zero-order chi connectivity index (χ0) is 13.3. The molecule has 0 saturated heterocycles. The van der Waals surface area contributed by atoms with Crippen LogP contribution in [-0.4, -0.2) is 18.4 Å². The van der Waals surface area contributed by atoms with Crippen LogP contribution in [0.15, 0.2) is 27.3 Å². The number of thiazole rings is 1. The Bertz CT molecular complexity index is 718. The summed E-state index contributed by atoms with van der Waals surface area (Å²) in [7, 11) is -3.88. The van der Waals surface area contributed by atoms with Gasteiger partial charge in [0, 0.05) is 5.69 Å². The average Bonchev–Trinajstić information content (AvgIpc) is 2.62. The molecule has 9 heteroatoms. The molecule has 0 saturated carbocycles. The number of hydrogen-bond donors (Lipinski definition) is 2. The van der Waals surface area contributed by atoms with Gasteiger partial charge < -0.3 is 4.98 Å². The molecule has 2 rings (SSSR count). The molecule has 0 aromatic carbocycles. The maximum atomic E-state index is 12.6. The summed E-state index contributed by atoms with van der Waals surface area (Å²) in [6.07, 6.45) is 0.893. The van der Waals surface area contributed by atoms with Crippen LogP contribution in [0.2, 0.25) is 0 Å². The molecule has 0 aliphatic heterocycles. The molecule has 0 spiro atoms. The number of aromatic nitrogens is 2. The molecule has 2 N–H and O–H groups in total. The van der Waals surface area contributed by atoms with Crippen molar-refractivity contribution in [2.45, 2.75) is 11.1 Å². The van der Waals surface area contributed by atoms with Gasteiger partial charge in [-0.15, -0.1) is 0 Å². The number of H-pyrrole nitrogens is 1. The first-order valence-corrected chi connectivity index (χ1v) is 7.02. The van der Waals surface area contributed by atoms with Crippen LogP contribution in [0, 0.1) is 12.7 Å². The zero-order valence-electron chi connectivity index (χ0n) is 9.10. The van der Waals surface area contributed by atoms with Crippen molar-refractivity contribution in [1.29, 1.82) is 0 Å². The predicted molar refractivity (Wildman–Crippen MR) is 64.7 cm³/mol. The van der Waals surface area contributed by atoms with Gasteiger partial charge in [-0.25, -0.2) is 17.8 Å². The van der Waals surface area contributed by atoms with Gasteiger partial charge in [0.05, 0.1) is 6.20 Å². The number of pyridine rings is 1. The molecule has 2 aromatic rings. The van der Waals surface area contributed by atoms with Crippen molar-refractivity contribution >= 4 is 27.2 Å². The standard InChI is InChI=1S/C9H8FN3O3S2/c1-5-8(17-9(14)12-5)18(15,16)13-7-3-2-6(10)4-11-7/h2-4H,1H3,(H,11,13)(H,12,14). The summed E-state index contributed by atoms with van der Waals surface area (Å²) >= 11 is 0.580. The molecule has 6 nitrogen and oxygen atoms in total. The van der Waals surface area contributed by atoms with Gasteiger partial charge in [0.2, 0.25) is 0 Å². The summed E-state index contributed by atoms with van der Waals surface area (Å²) in [6, 6.07) is 2.27. The van der Waals surface area contributed by atoms with Gasteiger partial charge in [-0.1, -0.05) is 11.3 Å². The molecule has 0 aliphatic carbocycles. The molecule has 0 radical (unpaired) electrons. The Morgan fingerprint density at radius 1 is 1.44 bits per heavy atom. The molecular formula is C9H8FN3O3S2. The lowest BCUT2D eigenvalue weighted by Gasteiger charge is -2.05. The van der Waals surface area contributed by atoms with E-state index in [1.54, 1.807) is 0 Å². The van der Waals surface area contributed by atoms with E-state index in [2.05, 4.69) is 14.7 Å². The Labute approximate surface area is 106 Å². The third kappa shape index (κ3) is 2.57. The molecule has 0 unspecified atom stereocenters. The quantitative estimate of drug-likeness (QED) is 0.884. The van der Waals surface area contributed by atoms with Crippen LogP contribution in [0.1, 0.15) is 5.69 Å². The summed E-state index contributed by atoms with van der Waals surface area (Å²) in [5.74, 6) is -0.586. The van der Waals surface area contributed by atoms with E-state index in [0.29, 0.717) is 11.3 Å². The molecule has 0 amide bonds. The molecule has 0 atom stereocenters. The average molecular weight is 289 g/mol. The number of rotatable bonds is 3. The maximum Gasteiger partial charge on any atom is 0.306 e. The number of hydrogen-bond acceptors (Lipinski definition) is 5. The van der Waals surface area contributed by atoms with Crippen molar-refractivity contribution in [3.8, 4) is 0 Å². The molecule has 2 heterocycles. The molecular weight excluding hydrogens is 281 g/mol. The number of nitrogens with one attached hydrogen (secondary N) is 2. The van der Waals surface area contributed by atoms with Gasteiger partial charge in [-0.2, -0.15) is 0 Å². The second kappa shape index (κ2) is 4.50. The molecule has 0 bridgehead atoms. The smallest absolute Gasteiger partial charge is 0.306 e. The van der Waals surface area contributed by atoms with Crippen LogP contribution in [0.4, 0.5) is 10.2 Å². The van der Waals surface area contributed by atoms with E-state index in [9.17, 15) is 17.6 Å². The highest BCUT2D eigenvalue weighted by atomic mass is 32.2. The Morgan fingerprint density at radius 2 is 2.17 bits per heavy atom.